The zero-order valence-corrected chi connectivity index (χ0v) is 21.5. The molecule has 192 valence electrons. The third-order valence-electron chi connectivity index (χ3n) is 7.38. The van der Waals surface area contributed by atoms with E-state index >= 15 is 0 Å². The molecule has 4 aromatic rings. The lowest BCUT2D eigenvalue weighted by Crippen LogP contribution is -2.36. The van der Waals surface area contributed by atoms with Crippen molar-refractivity contribution in [1.29, 1.82) is 0 Å². The summed E-state index contributed by atoms with van der Waals surface area (Å²) in [6.07, 6.45) is 4.10. The number of hydrogen-bond acceptors (Lipinski definition) is 5. The Morgan fingerprint density at radius 3 is 2.47 bits per heavy atom. The Hall–Kier alpha value is -4.39. The van der Waals surface area contributed by atoms with Gasteiger partial charge in [0.05, 0.1) is 31.7 Å². The zero-order valence-electron chi connectivity index (χ0n) is 21.5. The molecular weight excluding hydrogens is 483 g/mol. The van der Waals surface area contributed by atoms with E-state index in [1.165, 1.54) is 17.7 Å². The average Bonchev–Trinajstić information content (AvgIpc) is 3.73. The van der Waals surface area contributed by atoms with Crippen LogP contribution in [0.4, 0.5) is 4.39 Å². The molecule has 2 aliphatic rings. The number of halogens is 1. The quantitative estimate of drug-likeness (QED) is 0.423. The number of carbonyl (C=O) groups excluding carboxylic acids is 1. The Balaban J connectivity index is 1.50. The van der Waals surface area contributed by atoms with Gasteiger partial charge in [-0.1, -0.05) is 12.1 Å². The molecule has 1 N–H and O–H groups in total. The number of fused-ring (bicyclic) bond motifs is 2. The molecular formula is C31H27FN2O4. The molecule has 0 unspecified atom stereocenters. The van der Waals surface area contributed by atoms with Crippen LogP contribution in [-0.4, -0.2) is 34.7 Å². The third-order valence-corrected chi connectivity index (χ3v) is 7.38. The van der Waals surface area contributed by atoms with Crippen molar-refractivity contribution in [3.8, 4) is 17.4 Å². The molecule has 0 radical (unpaired) electrons. The van der Waals surface area contributed by atoms with Crippen molar-refractivity contribution >= 4 is 16.9 Å². The van der Waals surface area contributed by atoms with E-state index in [1.807, 2.05) is 35.8 Å². The standard InChI is InChI=1S/C31H27FN2O4/c1-17-24-13-19(12-18-4-9-22(32)10-5-18)15-33-28(24)30(35)27-26(17)29(20-6-7-20)34(31(27)36)16-21-8-11-23(37-2)14-25(21)38-3/h4-5,8-11,13-15,36H,6-7,12,16H2,1-3H3. The summed E-state index contributed by atoms with van der Waals surface area (Å²) >= 11 is 0. The van der Waals surface area contributed by atoms with Gasteiger partial charge in [0.25, 0.3) is 0 Å². The maximum atomic E-state index is 13.7. The molecule has 0 amide bonds. The van der Waals surface area contributed by atoms with Gasteiger partial charge in [-0.15, -0.1) is 0 Å². The fraction of sp³-hybridized carbons (Fsp3) is 0.226. The second kappa shape index (κ2) is 9.17. The summed E-state index contributed by atoms with van der Waals surface area (Å²) in [5, 5.41) is 13.1. The van der Waals surface area contributed by atoms with Gasteiger partial charge in [0, 0.05) is 28.6 Å². The SMILES string of the molecule is COc1ccc(Cn2c(O)c3c(c2=C2CC2)=C(C)c2cc(Cc4ccc(F)cc4)cnc2C3=O)c(OC)c1. The molecule has 0 saturated heterocycles. The van der Waals surface area contributed by atoms with Crippen LogP contribution in [0.2, 0.25) is 0 Å². The lowest BCUT2D eigenvalue weighted by atomic mass is 9.90. The molecule has 1 fully saturated rings. The molecule has 0 atom stereocenters. The summed E-state index contributed by atoms with van der Waals surface area (Å²) in [4.78, 5) is 18.2. The predicted molar refractivity (Wildman–Crippen MR) is 142 cm³/mol. The van der Waals surface area contributed by atoms with Gasteiger partial charge < -0.3 is 19.1 Å². The highest BCUT2D eigenvalue weighted by Gasteiger charge is 2.33. The fourth-order valence-corrected chi connectivity index (χ4v) is 5.32. The van der Waals surface area contributed by atoms with Crippen molar-refractivity contribution in [3.05, 3.63) is 105 Å². The van der Waals surface area contributed by atoms with Crippen LogP contribution in [-0.2, 0) is 13.0 Å². The first kappa shape index (κ1) is 24.0. The molecule has 6 rings (SSSR count). The zero-order chi connectivity index (χ0) is 26.6. The molecule has 2 aromatic carbocycles. The summed E-state index contributed by atoms with van der Waals surface area (Å²) in [6.45, 7) is 2.32. The van der Waals surface area contributed by atoms with Gasteiger partial charge in [-0.2, -0.15) is 0 Å². The van der Waals surface area contributed by atoms with Gasteiger partial charge in [-0.3, -0.25) is 9.78 Å². The number of methoxy groups -OCH3 is 2. The summed E-state index contributed by atoms with van der Waals surface area (Å²) < 4.78 is 26.1. The van der Waals surface area contributed by atoms with Crippen LogP contribution in [0, 0.1) is 5.82 Å². The van der Waals surface area contributed by atoms with E-state index in [9.17, 15) is 14.3 Å². The van der Waals surface area contributed by atoms with Crippen LogP contribution in [0.15, 0.2) is 54.7 Å². The Morgan fingerprint density at radius 2 is 1.79 bits per heavy atom. The largest absolute Gasteiger partial charge is 0.497 e. The summed E-state index contributed by atoms with van der Waals surface area (Å²) in [7, 11) is 3.20. The molecule has 7 heteroatoms. The van der Waals surface area contributed by atoms with E-state index in [0.29, 0.717) is 35.7 Å². The van der Waals surface area contributed by atoms with Crippen LogP contribution in [0.3, 0.4) is 0 Å². The highest BCUT2D eigenvalue weighted by Crippen LogP contribution is 2.33. The smallest absolute Gasteiger partial charge is 0.218 e. The lowest BCUT2D eigenvalue weighted by Gasteiger charge is -2.15. The third kappa shape index (κ3) is 3.95. The number of pyridine rings is 1. The molecule has 0 spiro atoms. The summed E-state index contributed by atoms with van der Waals surface area (Å²) in [6, 6.07) is 14.0. The maximum Gasteiger partial charge on any atom is 0.218 e. The number of benzene rings is 2. The first-order chi connectivity index (χ1) is 18.4. The maximum absolute atomic E-state index is 13.7. The van der Waals surface area contributed by atoms with E-state index < -0.39 is 0 Å². The second-order valence-corrected chi connectivity index (χ2v) is 9.79. The molecule has 1 saturated carbocycles. The highest BCUT2D eigenvalue weighted by molar-refractivity contribution is 6.14. The van der Waals surface area contributed by atoms with E-state index in [4.69, 9.17) is 9.47 Å². The number of hydrogen-bond donors (Lipinski definition) is 1. The lowest BCUT2D eigenvalue weighted by molar-refractivity contribution is 0.102. The molecule has 0 bridgehead atoms. The topological polar surface area (TPSA) is 73.6 Å². The minimum Gasteiger partial charge on any atom is -0.497 e. The fourth-order valence-electron chi connectivity index (χ4n) is 5.32. The van der Waals surface area contributed by atoms with Gasteiger partial charge >= 0.3 is 0 Å². The number of aromatic hydroxyl groups is 1. The van der Waals surface area contributed by atoms with Crippen LogP contribution < -0.4 is 20.0 Å². The van der Waals surface area contributed by atoms with E-state index in [2.05, 4.69) is 4.98 Å². The van der Waals surface area contributed by atoms with Crippen molar-refractivity contribution in [3.63, 3.8) is 0 Å². The van der Waals surface area contributed by atoms with Gasteiger partial charge in [0.1, 0.15) is 23.0 Å². The Labute approximate surface area is 219 Å². The Morgan fingerprint density at radius 1 is 1.03 bits per heavy atom. The van der Waals surface area contributed by atoms with Gasteiger partial charge in [-0.25, -0.2) is 4.39 Å². The summed E-state index contributed by atoms with van der Waals surface area (Å²) in [5.41, 5.74) is 6.27. The molecule has 2 heterocycles. The predicted octanol–water partition coefficient (Wildman–Crippen LogP) is 4.09. The van der Waals surface area contributed by atoms with Crippen LogP contribution in [0.5, 0.6) is 17.4 Å². The normalized spacial score (nSPS) is 13.8. The van der Waals surface area contributed by atoms with Crippen molar-refractivity contribution in [2.75, 3.05) is 14.2 Å². The molecule has 2 aromatic heterocycles. The number of rotatable bonds is 6. The molecule has 0 aliphatic heterocycles. The van der Waals surface area contributed by atoms with Gasteiger partial charge in [0.2, 0.25) is 11.7 Å². The Kier molecular flexibility index (Phi) is 5.79. The highest BCUT2D eigenvalue weighted by atomic mass is 19.1. The number of carbonyl (C=O) groups is 1. The first-order valence-corrected chi connectivity index (χ1v) is 12.5. The number of ketones is 1. The van der Waals surface area contributed by atoms with Crippen LogP contribution in [0.1, 0.15) is 58.1 Å². The number of ether oxygens (including phenoxy) is 2. The second-order valence-electron chi connectivity index (χ2n) is 9.79. The van der Waals surface area contributed by atoms with Gasteiger partial charge in [0.15, 0.2) is 0 Å². The minimum atomic E-state index is -0.283. The van der Waals surface area contributed by atoms with Gasteiger partial charge in [-0.05, 0) is 78.8 Å². The van der Waals surface area contributed by atoms with E-state index in [-0.39, 0.29) is 17.5 Å². The average molecular weight is 511 g/mol. The van der Waals surface area contributed by atoms with Crippen LogP contribution in [0.25, 0.3) is 11.1 Å². The van der Waals surface area contributed by atoms with E-state index in [1.54, 1.807) is 32.5 Å². The van der Waals surface area contributed by atoms with Crippen molar-refractivity contribution < 1.29 is 23.8 Å². The van der Waals surface area contributed by atoms with Crippen molar-refractivity contribution in [2.45, 2.75) is 32.7 Å². The molecule has 2 aliphatic carbocycles. The van der Waals surface area contributed by atoms with Crippen molar-refractivity contribution in [1.82, 2.24) is 9.55 Å². The number of aromatic nitrogens is 2. The molecule has 6 nitrogen and oxygen atoms in total. The van der Waals surface area contributed by atoms with E-state index in [0.717, 1.165) is 51.2 Å². The van der Waals surface area contributed by atoms with Crippen LogP contribution >= 0.6 is 0 Å². The number of nitrogens with zero attached hydrogens (tertiary/aromatic N) is 2. The first-order valence-electron chi connectivity index (χ1n) is 12.5. The summed E-state index contributed by atoms with van der Waals surface area (Å²) in [5.74, 6) is 0.704. The Bertz CT molecular complexity index is 1730. The minimum absolute atomic E-state index is 0.0561. The molecule has 38 heavy (non-hydrogen) atoms. The van der Waals surface area contributed by atoms with Crippen molar-refractivity contribution in [2.24, 2.45) is 0 Å². The monoisotopic (exact) mass is 510 g/mol.